The lowest BCUT2D eigenvalue weighted by Gasteiger charge is -2.21. The Morgan fingerprint density at radius 2 is 1.94 bits per heavy atom. The molecular weight excluding hydrogens is 228 g/mol. The highest BCUT2D eigenvalue weighted by Gasteiger charge is 2.13. The third-order valence-electron chi connectivity index (χ3n) is 3.65. The number of nitrogens with zero attached hydrogens (tertiary/aromatic N) is 2. The number of rotatable bonds is 6. The third-order valence-corrected chi connectivity index (χ3v) is 3.65. The van der Waals surface area contributed by atoms with Gasteiger partial charge >= 0.3 is 0 Å². The number of aliphatic hydroxyl groups is 1. The molecule has 0 spiro atoms. The summed E-state index contributed by atoms with van der Waals surface area (Å²) >= 11 is 0. The van der Waals surface area contributed by atoms with E-state index in [-0.39, 0.29) is 0 Å². The fraction of sp³-hybridized carbons (Fsp3) is 0.714. The molecule has 0 saturated carbocycles. The van der Waals surface area contributed by atoms with Gasteiger partial charge in [-0.2, -0.15) is 0 Å². The summed E-state index contributed by atoms with van der Waals surface area (Å²) < 4.78 is 5.35. The maximum atomic E-state index is 9.96. The van der Waals surface area contributed by atoms with Crippen LogP contribution in [0.3, 0.4) is 0 Å². The number of aromatic nitrogens is 2. The van der Waals surface area contributed by atoms with Crippen molar-refractivity contribution in [3.63, 3.8) is 0 Å². The van der Waals surface area contributed by atoms with E-state index in [1.54, 1.807) is 12.4 Å². The van der Waals surface area contributed by atoms with E-state index < -0.39 is 6.10 Å². The minimum Gasteiger partial charge on any atom is -0.388 e. The van der Waals surface area contributed by atoms with Crippen molar-refractivity contribution in [2.45, 2.75) is 44.6 Å². The normalized spacial score (nSPS) is 18.7. The van der Waals surface area contributed by atoms with E-state index in [4.69, 9.17) is 4.74 Å². The second kappa shape index (κ2) is 7.44. The van der Waals surface area contributed by atoms with Crippen LogP contribution in [0.1, 0.15) is 50.2 Å². The molecule has 4 nitrogen and oxygen atoms in total. The molecule has 4 heteroatoms. The van der Waals surface area contributed by atoms with Gasteiger partial charge in [0.2, 0.25) is 0 Å². The van der Waals surface area contributed by atoms with Gasteiger partial charge in [-0.25, -0.2) is 9.97 Å². The van der Waals surface area contributed by atoms with E-state index in [1.165, 1.54) is 32.0 Å². The van der Waals surface area contributed by atoms with E-state index in [0.29, 0.717) is 0 Å². The summed E-state index contributed by atoms with van der Waals surface area (Å²) in [4.78, 5) is 7.84. The van der Waals surface area contributed by atoms with Crippen LogP contribution >= 0.6 is 0 Å². The van der Waals surface area contributed by atoms with Gasteiger partial charge in [-0.1, -0.05) is 19.3 Å². The maximum absolute atomic E-state index is 9.96. The van der Waals surface area contributed by atoms with Gasteiger partial charge in [0.25, 0.3) is 0 Å². The van der Waals surface area contributed by atoms with Gasteiger partial charge in [-0.3, -0.25) is 0 Å². The lowest BCUT2D eigenvalue weighted by molar-refractivity contribution is 0.0626. The van der Waals surface area contributed by atoms with Crippen LogP contribution in [-0.4, -0.2) is 28.3 Å². The lowest BCUT2D eigenvalue weighted by Crippen LogP contribution is -2.15. The molecule has 1 aliphatic heterocycles. The molecule has 1 saturated heterocycles. The molecule has 18 heavy (non-hydrogen) atoms. The van der Waals surface area contributed by atoms with Crippen LogP contribution in [0, 0.1) is 5.92 Å². The summed E-state index contributed by atoms with van der Waals surface area (Å²) in [7, 11) is 0. The van der Waals surface area contributed by atoms with Crippen LogP contribution in [0.4, 0.5) is 0 Å². The minimum absolute atomic E-state index is 0.416. The van der Waals surface area contributed by atoms with Crippen LogP contribution in [0.15, 0.2) is 18.7 Å². The molecule has 2 heterocycles. The predicted molar refractivity (Wildman–Crippen MR) is 69.0 cm³/mol. The fourth-order valence-electron chi connectivity index (χ4n) is 2.46. The zero-order valence-corrected chi connectivity index (χ0v) is 10.8. The Labute approximate surface area is 108 Å². The molecule has 100 valence electrons. The van der Waals surface area contributed by atoms with Crippen molar-refractivity contribution in [1.82, 2.24) is 9.97 Å². The molecule has 1 unspecified atom stereocenters. The summed E-state index contributed by atoms with van der Waals surface area (Å²) in [6, 6.07) is 0. The van der Waals surface area contributed by atoms with Crippen LogP contribution in [-0.2, 0) is 4.74 Å². The molecule has 0 amide bonds. The highest BCUT2D eigenvalue weighted by molar-refractivity contribution is 5.05. The second-order valence-corrected chi connectivity index (χ2v) is 5.03. The molecule has 1 aliphatic rings. The van der Waals surface area contributed by atoms with Gasteiger partial charge < -0.3 is 9.84 Å². The zero-order valence-electron chi connectivity index (χ0n) is 10.8. The Kier molecular flexibility index (Phi) is 5.55. The average Bonchev–Trinajstić information content (AvgIpc) is 2.45. The molecule has 0 radical (unpaired) electrons. The first-order chi connectivity index (χ1) is 8.86. The molecular formula is C14H22N2O2. The topological polar surface area (TPSA) is 55.2 Å². The number of aliphatic hydroxyl groups excluding tert-OH is 1. The standard InChI is InChI=1S/C14H22N2O2/c17-14(13-9-15-11-16-10-13)4-2-1-3-12-5-7-18-8-6-12/h9-12,14,17H,1-8H2. The molecule has 1 atom stereocenters. The number of ether oxygens (including phenoxy) is 1. The number of unbranched alkanes of at least 4 members (excludes halogenated alkanes) is 1. The zero-order chi connectivity index (χ0) is 12.6. The van der Waals surface area contributed by atoms with Gasteiger partial charge in [-0.15, -0.1) is 0 Å². The van der Waals surface area contributed by atoms with E-state index >= 15 is 0 Å². The van der Waals surface area contributed by atoms with Crippen LogP contribution < -0.4 is 0 Å². The molecule has 0 aliphatic carbocycles. The molecule has 2 rings (SSSR count). The Morgan fingerprint density at radius 3 is 2.67 bits per heavy atom. The van der Waals surface area contributed by atoms with Crippen molar-refractivity contribution in [2.24, 2.45) is 5.92 Å². The average molecular weight is 250 g/mol. The molecule has 0 bridgehead atoms. The Morgan fingerprint density at radius 1 is 1.22 bits per heavy atom. The van der Waals surface area contributed by atoms with Crippen LogP contribution in [0.25, 0.3) is 0 Å². The molecule has 1 N–H and O–H groups in total. The Hall–Kier alpha value is -1.00. The Bertz CT molecular complexity index is 326. The van der Waals surface area contributed by atoms with Crippen molar-refractivity contribution in [1.29, 1.82) is 0 Å². The van der Waals surface area contributed by atoms with Gasteiger partial charge in [0.15, 0.2) is 0 Å². The highest BCUT2D eigenvalue weighted by atomic mass is 16.5. The SMILES string of the molecule is OC(CCCCC1CCOCC1)c1cncnc1. The maximum Gasteiger partial charge on any atom is 0.115 e. The van der Waals surface area contributed by atoms with Crippen molar-refractivity contribution < 1.29 is 9.84 Å². The first kappa shape index (κ1) is 13.4. The summed E-state index contributed by atoms with van der Waals surface area (Å²) in [5.74, 6) is 0.830. The largest absolute Gasteiger partial charge is 0.388 e. The molecule has 1 aromatic heterocycles. The monoisotopic (exact) mass is 250 g/mol. The number of hydrogen-bond donors (Lipinski definition) is 1. The van der Waals surface area contributed by atoms with Gasteiger partial charge in [0.05, 0.1) is 6.10 Å². The van der Waals surface area contributed by atoms with Crippen LogP contribution in [0.2, 0.25) is 0 Å². The van der Waals surface area contributed by atoms with E-state index in [0.717, 1.165) is 37.5 Å². The second-order valence-electron chi connectivity index (χ2n) is 5.03. The summed E-state index contributed by atoms with van der Waals surface area (Å²) in [5, 5.41) is 9.96. The van der Waals surface area contributed by atoms with Crippen molar-refractivity contribution in [3.8, 4) is 0 Å². The van der Waals surface area contributed by atoms with Gasteiger partial charge in [0.1, 0.15) is 6.33 Å². The first-order valence-corrected chi connectivity index (χ1v) is 6.87. The Balaban J connectivity index is 1.60. The highest BCUT2D eigenvalue weighted by Crippen LogP contribution is 2.23. The number of hydrogen-bond acceptors (Lipinski definition) is 4. The van der Waals surface area contributed by atoms with Crippen molar-refractivity contribution in [3.05, 3.63) is 24.3 Å². The van der Waals surface area contributed by atoms with Crippen LogP contribution in [0.5, 0.6) is 0 Å². The minimum atomic E-state index is -0.416. The lowest BCUT2D eigenvalue weighted by atomic mass is 9.93. The quantitative estimate of drug-likeness (QED) is 0.788. The summed E-state index contributed by atoms with van der Waals surface area (Å²) in [6.45, 7) is 1.85. The molecule has 0 aromatic carbocycles. The van der Waals surface area contributed by atoms with Gasteiger partial charge in [-0.05, 0) is 25.2 Å². The van der Waals surface area contributed by atoms with E-state index in [2.05, 4.69) is 9.97 Å². The van der Waals surface area contributed by atoms with E-state index in [1.807, 2.05) is 0 Å². The van der Waals surface area contributed by atoms with Crippen molar-refractivity contribution >= 4 is 0 Å². The summed E-state index contributed by atoms with van der Waals surface area (Å²) in [6.07, 6.45) is 11.2. The predicted octanol–water partition coefficient (Wildman–Crippen LogP) is 2.50. The van der Waals surface area contributed by atoms with Crippen molar-refractivity contribution in [2.75, 3.05) is 13.2 Å². The van der Waals surface area contributed by atoms with E-state index in [9.17, 15) is 5.11 Å². The van der Waals surface area contributed by atoms with Gasteiger partial charge in [0, 0.05) is 31.2 Å². The first-order valence-electron chi connectivity index (χ1n) is 6.87. The summed E-state index contributed by atoms with van der Waals surface area (Å²) in [5.41, 5.74) is 0.823. The fourth-order valence-corrected chi connectivity index (χ4v) is 2.46. The smallest absolute Gasteiger partial charge is 0.115 e. The molecule has 1 aromatic rings. The molecule has 1 fully saturated rings. The third kappa shape index (κ3) is 4.35.